The van der Waals surface area contributed by atoms with E-state index in [0.29, 0.717) is 83.6 Å². The van der Waals surface area contributed by atoms with Gasteiger partial charge in [0.15, 0.2) is 0 Å². The number of nitrogens with zero attached hydrogens (tertiary/aromatic N) is 18. The average Bonchev–Trinajstić information content (AvgIpc) is 1.71. The molecule has 15 rings (SSSR count). The van der Waals surface area contributed by atoms with Gasteiger partial charge in [0.1, 0.15) is 11.6 Å². The summed E-state index contributed by atoms with van der Waals surface area (Å²) in [6, 6.07) is 49.5. The third-order valence-corrected chi connectivity index (χ3v) is 16.8. The molecule has 0 N–H and O–H groups in total. The normalized spacial score (nSPS) is 12.7. The lowest BCUT2D eigenvalue weighted by Crippen LogP contribution is -1.98. The molecule has 5 aromatic carbocycles. The van der Waals surface area contributed by atoms with E-state index >= 15 is 0 Å². The number of aryl methyl sites for hydroxylation is 10. The number of rotatable bonds is 17. The van der Waals surface area contributed by atoms with Crippen molar-refractivity contribution in [2.24, 2.45) is 35.2 Å². The number of pyridine rings is 5. The Labute approximate surface area is 660 Å². The van der Waals surface area contributed by atoms with Crippen LogP contribution in [0.2, 0.25) is 5.02 Å². The highest BCUT2D eigenvalue weighted by Gasteiger charge is 2.18. The molecular weight excluding hydrogens is 1420 g/mol. The highest BCUT2D eigenvalue weighted by molar-refractivity contribution is 6.30. The zero-order valence-electron chi connectivity index (χ0n) is 71.8. The Kier molecular flexibility index (Phi) is 21.5. The van der Waals surface area contributed by atoms with Gasteiger partial charge in [0.05, 0.1) is 87.0 Å². The van der Waals surface area contributed by atoms with Crippen LogP contribution in [0.4, 0.5) is 20.2 Å². The zero-order valence-corrected chi connectivity index (χ0v) is 62.6. The minimum atomic E-state index is -1.92. The van der Waals surface area contributed by atoms with Crippen LogP contribution in [0, 0.1) is 77.8 Å². The molecule has 0 amide bonds. The summed E-state index contributed by atoms with van der Waals surface area (Å²) in [7, 11) is 8.65. The number of hydrogen-bond acceptors (Lipinski definition) is 15. The number of nitro benzene ring substituents is 2. The topological polar surface area (TPSA) is 264 Å². The molecule has 0 saturated heterocycles. The number of nitriles is 1. The molecule has 558 valence electrons. The first-order valence-electron chi connectivity index (χ1n) is 39.2. The Morgan fingerprint density at radius 1 is 0.378 bits per heavy atom. The average molecular weight is 1510 g/mol. The molecular formula is C86H79ClF2N18O4. The fourth-order valence-corrected chi connectivity index (χ4v) is 11.4. The fourth-order valence-electron chi connectivity index (χ4n) is 11.2. The predicted molar refractivity (Wildman–Crippen MR) is 425 cm³/mol. The third-order valence-electron chi connectivity index (χ3n) is 16.5. The van der Waals surface area contributed by atoms with Crippen LogP contribution < -0.4 is 0 Å². The van der Waals surface area contributed by atoms with E-state index in [2.05, 4.69) is 56.5 Å². The Morgan fingerprint density at radius 2 is 0.676 bits per heavy atom. The molecule has 0 aliphatic rings. The number of nitro groups is 2. The first kappa shape index (κ1) is 65.6. The van der Waals surface area contributed by atoms with E-state index in [4.69, 9.17) is 30.6 Å². The second-order valence-electron chi connectivity index (χ2n) is 25.4. The number of halogens is 3. The number of benzene rings is 5. The van der Waals surface area contributed by atoms with Gasteiger partial charge in [0, 0.05) is 191 Å². The van der Waals surface area contributed by atoms with E-state index < -0.39 is 47.5 Å². The van der Waals surface area contributed by atoms with Gasteiger partial charge in [-0.25, -0.2) is 8.78 Å². The number of aromatic nitrogens is 15. The molecule has 25 heteroatoms. The van der Waals surface area contributed by atoms with Crippen molar-refractivity contribution in [1.29, 1.82) is 5.26 Å². The first-order chi connectivity index (χ1) is 57.1. The molecule has 15 aromatic rings. The van der Waals surface area contributed by atoms with Gasteiger partial charge in [-0.3, -0.25) is 68.6 Å². The molecule has 22 nitrogen and oxygen atoms in total. The molecule has 0 saturated carbocycles. The number of non-ortho nitro benzene ring substituents is 2. The lowest BCUT2D eigenvalue weighted by Gasteiger charge is -2.08. The molecule has 0 aliphatic heterocycles. The van der Waals surface area contributed by atoms with Crippen LogP contribution >= 0.6 is 11.6 Å². The molecule has 0 radical (unpaired) electrons. The molecule has 0 spiro atoms. The molecule has 0 fully saturated rings. The lowest BCUT2D eigenvalue weighted by molar-refractivity contribution is -0.385. The summed E-state index contributed by atoms with van der Waals surface area (Å²) in [4.78, 5) is 43.2. The quantitative estimate of drug-likeness (QED) is 0.0606. The molecule has 0 atom stereocenters. The summed E-state index contributed by atoms with van der Waals surface area (Å²) in [6.07, 6.45) is 6.53. The van der Waals surface area contributed by atoms with E-state index in [1.165, 1.54) is 70.7 Å². The fraction of sp³-hybridized carbons (Fsp3) is 0.174. The van der Waals surface area contributed by atoms with E-state index in [0.717, 1.165) is 51.2 Å². The Bertz CT molecular complexity index is 6240. The van der Waals surface area contributed by atoms with E-state index in [9.17, 15) is 29.0 Å². The maximum Gasteiger partial charge on any atom is 0.273 e. The summed E-state index contributed by atoms with van der Waals surface area (Å²) in [6.45, 7) is 9.31. The second-order valence-corrected chi connectivity index (χ2v) is 25.9. The van der Waals surface area contributed by atoms with Crippen molar-refractivity contribution in [3.63, 3.8) is 0 Å². The molecule has 0 aliphatic carbocycles. The monoisotopic (exact) mass is 1510 g/mol. The summed E-state index contributed by atoms with van der Waals surface area (Å²) in [5.74, 6) is -1.10. The Morgan fingerprint density at radius 3 is 1.00 bits per heavy atom. The highest BCUT2D eigenvalue weighted by atomic mass is 35.5. The summed E-state index contributed by atoms with van der Waals surface area (Å²) < 4.78 is 119. The van der Waals surface area contributed by atoms with Crippen LogP contribution in [0.3, 0.4) is 0 Å². The van der Waals surface area contributed by atoms with Gasteiger partial charge in [-0.15, -0.1) is 0 Å². The maximum absolute atomic E-state index is 13.8. The van der Waals surface area contributed by atoms with Crippen LogP contribution in [0.1, 0.15) is 103 Å². The van der Waals surface area contributed by atoms with Crippen molar-refractivity contribution < 1.29 is 32.3 Å². The van der Waals surface area contributed by atoms with Crippen LogP contribution in [-0.2, 0) is 67.1 Å². The van der Waals surface area contributed by atoms with Crippen LogP contribution in [0.5, 0.6) is 0 Å². The minimum Gasteiger partial charge on any atom is -0.276 e. The van der Waals surface area contributed by atoms with Gasteiger partial charge in [-0.05, 0) is 163 Å². The molecule has 111 heavy (non-hydrogen) atoms. The minimum absolute atomic E-state index is 0.0284. The number of hydrogen-bond donors (Lipinski definition) is 0. The van der Waals surface area contributed by atoms with E-state index in [-0.39, 0.29) is 45.5 Å². The Balaban J connectivity index is 0.000000148. The third kappa shape index (κ3) is 21.8. The van der Waals surface area contributed by atoms with Crippen molar-refractivity contribution in [3.8, 4) is 62.4 Å². The molecule has 0 unspecified atom stereocenters. The van der Waals surface area contributed by atoms with Gasteiger partial charge < -0.3 is 0 Å². The summed E-state index contributed by atoms with van der Waals surface area (Å²) in [5.41, 5.74) is 13.6. The standard InChI is InChI=1S/C18H16N4.C17H16ClN3.C17H15FN4O2.C17H16FN3.C17H16N4O2/c1-13-6-7-17(9-15-11-20-22(2)12-15)21-18(13)16-5-3-4-14(8-16)10-19;1-12-6-7-16(8-13-10-19-21(2)11-13)20-17(12)14-4-3-5-15(18)9-14;1-11-3-4-15(5-12-9-19-21(2)10-12)20-17(11)13-6-14(18)8-16(7-13)22(23)24;1-12-6-7-16(8-13-10-19-21(2)11-13)20-17(12)14-4-3-5-15(18)9-14;1-12-6-7-15(8-13-10-18-20(2)11-13)19-17(12)14-4-3-5-16(9-14)21(22)23/h3-8,11-12H,9H2,1-2H3;3-7,9-11H,8H2,1-2H3;3-4,6-10H,5H2,1-2H3;3-7,9-11H,8H2,1-2H3;3-7,9-11H,8H2,1-2H3/i9D2;8D2;5D2;2*8D2. The van der Waals surface area contributed by atoms with Crippen molar-refractivity contribution in [3.05, 3.63) is 364 Å². The van der Waals surface area contributed by atoms with Gasteiger partial charge in [-0.2, -0.15) is 30.8 Å². The van der Waals surface area contributed by atoms with Gasteiger partial charge in [-0.1, -0.05) is 90.5 Å². The molecule has 0 bridgehead atoms. The van der Waals surface area contributed by atoms with Crippen molar-refractivity contribution in [1.82, 2.24) is 73.8 Å². The first-order valence-corrected chi connectivity index (χ1v) is 34.6. The van der Waals surface area contributed by atoms with Gasteiger partial charge >= 0.3 is 0 Å². The summed E-state index contributed by atoms with van der Waals surface area (Å²) in [5, 5.41) is 51.8. The Hall–Kier alpha value is -13.7. The predicted octanol–water partition coefficient (Wildman–Crippen LogP) is 17.5. The van der Waals surface area contributed by atoms with Crippen LogP contribution in [-0.4, -0.2) is 83.7 Å². The lowest BCUT2D eigenvalue weighted by atomic mass is 10.0. The smallest absolute Gasteiger partial charge is 0.273 e. The van der Waals surface area contributed by atoms with E-state index in [1.807, 2.05) is 64.1 Å². The van der Waals surface area contributed by atoms with Crippen molar-refractivity contribution in [2.75, 3.05) is 0 Å². The highest BCUT2D eigenvalue weighted by Crippen LogP contribution is 2.31. The van der Waals surface area contributed by atoms with Crippen molar-refractivity contribution in [2.45, 2.75) is 66.5 Å². The van der Waals surface area contributed by atoms with Crippen LogP contribution in [0.25, 0.3) is 56.3 Å². The largest absolute Gasteiger partial charge is 0.276 e. The second kappa shape index (κ2) is 36.3. The van der Waals surface area contributed by atoms with Gasteiger partial charge in [0.25, 0.3) is 11.4 Å². The summed E-state index contributed by atoms with van der Waals surface area (Å²) >= 11 is 6.06. The SMILES string of the molecule is [2H]C([2H])(c1cnn(C)c1)c1ccc(C)c(-c2cc(F)cc([N+](=O)[O-])c2)n1.[2H]C([2H])(c1cnn(C)c1)c1ccc(C)c(-c2cccc(C#N)c2)n1.[2H]C([2H])(c1cnn(C)c1)c1ccc(C)c(-c2cccc(Cl)c2)n1.[2H]C([2H])(c1cnn(C)c1)c1ccc(C)c(-c2cccc(F)c2)n1.[2H]C([2H])(c1cnn(C)c1)c1ccc(C)c(-c2cccc([N+](=O)[O-])c2)n1. The van der Waals surface area contributed by atoms with Crippen LogP contribution in [0.15, 0.2) is 238 Å². The van der Waals surface area contributed by atoms with Gasteiger partial charge in [0.2, 0.25) is 0 Å². The molecule has 10 aromatic heterocycles. The zero-order chi connectivity index (χ0) is 87.8. The van der Waals surface area contributed by atoms with E-state index in [1.54, 1.807) is 184 Å². The van der Waals surface area contributed by atoms with Crippen molar-refractivity contribution >= 4 is 23.0 Å². The maximum atomic E-state index is 13.8. The molecule has 10 heterocycles.